The van der Waals surface area contributed by atoms with Crippen LogP contribution in [0, 0.1) is 5.41 Å². The molecule has 5 nitrogen and oxygen atoms in total. The lowest BCUT2D eigenvalue weighted by atomic mass is 9.71. The predicted molar refractivity (Wildman–Crippen MR) is 149 cm³/mol. The van der Waals surface area contributed by atoms with Crippen LogP contribution in [-0.4, -0.2) is 53.5 Å². The molecule has 4 rings (SSSR count). The number of piperidine rings is 1. The van der Waals surface area contributed by atoms with E-state index in [2.05, 4.69) is 9.88 Å². The van der Waals surface area contributed by atoms with Crippen LogP contribution in [0.3, 0.4) is 0 Å². The monoisotopic (exact) mass is 564 g/mol. The molecule has 0 bridgehead atoms. The number of alkyl halides is 1. The van der Waals surface area contributed by atoms with Gasteiger partial charge >= 0.3 is 5.97 Å². The fraction of sp³-hybridized carbons (Fsp3) is 0.429. The zero-order valence-corrected chi connectivity index (χ0v) is 23.1. The first-order chi connectivity index (χ1) is 17.8. The zero-order chi connectivity index (χ0) is 26.4. The van der Waals surface area contributed by atoms with Crippen molar-refractivity contribution in [1.82, 2.24) is 9.88 Å². The highest BCUT2D eigenvalue weighted by molar-refractivity contribution is 7.99. The lowest BCUT2D eigenvalue weighted by Crippen LogP contribution is -2.42. The Labute approximate surface area is 231 Å². The molecule has 198 valence electrons. The molecule has 0 aliphatic carbocycles. The minimum atomic E-state index is -1.33. The van der Waals surface area contributed by atoms with Crippen LogP contribution in [0.1, 0.15) is 43.8 Å². The number of carboxylic acid groups (broad SMARTS) is 1. The number of thioether (sulfide) groups is 1. The Morgan fingerprint density at radius 1 is 1.24 bits per heavy atom. The van der Waals surface area contributed by atoms with Crippen molar-refractivity contribution < 1.29 is 19.0 Å². The molecule has 0 amide bonds. The van der Waals surface area contributed by atoms with E-state index in [0.29, 0.717) is 28.6 Å². The molecular weight excluding hydrogens is 534 g/mol. The average molecular weight is 566 g/mol. The zero-order valence-electron chi connectivity index (χ0n) is 20.8. The summed E-state index contributed by atoms with van der Waals surface area (Å²) in [6.45, 7) is 2.51. The smallest absolute Gasteiger partial charge is 0.303 e. The number of halogens is 3. The number of aromatic nitrogens is 1. The van der Waals surface area contributed by atoms with Gasteiger partial charge in [-0.25, -0.2) is 4.39 Å². The van der Waals surface area contributed by atoms with E-state index >= 15 is 4.39 Å². The summed E-state index contributed by atoms with van der Waals surface area (Å²) in [5.41, 5.74) is 0.610. The van der Waals surface area contributed by atoms with Gasteiger partial charge in [-0.05, 0) is 80.6 Å². The third kappa shape index (κ3) is 7.29. The minimum Gasteiger partial charge on any atom is -0.497 e. The Morgan fingerprint density at radius 3 is 2.73 bits per heavy atom. The number of nitrogens with zero attached hydrogens (tertiary/aromatic N) is 2. The van der Waals surface area contributed by atoms with Crippen molar-refractivity contribution in [2.45, 2.75) is 43.2 Å². The molecule has 1 atom stereocenters. The van der Waals surface area contributed by atoms with E-state index in [1.807, 2.05) is 24.3 Å². The molecule has 1 fully saturated rings. The van der Waals surface area contributed by atoms with E-state index in [-0.39, 0.29) is 17.9 Å². The van der Waals surface area contributed by atoms with Crippen molar-refractivity contribution in [1.29, 1.82) is 0 Å². The maximum absolute atomic E-state index is 15.7. The minimum absolute atomic E-state index is 0.0451. The van der Waals surface area contributed by atoms with Crippen LogP contribution in [0.25, 0.3) is 10.9 Å². The quantitative estimate of drug-likeness (QED) is 0.241. The maximum atomic E-state index is 15.7. The third-order valence-corrected chi connectivity index (χ3v) is 8.74. The summed E-state index contributed by atoms with van der Waals surface area (Å²) in [5, 5.41) is 11.3. The Bertz CT molecular complexity index is 1240. The Kier molecular flexibility index (Phi) is 9.57. The number of fused-ring (bicyclic) bond motifs is 1. The molecule has 0 unspecified atom stereocenters. The van der Waals surface area contributed by atoms with Crippen LogP contribution in [0.4, 0.5) is 4.39 Å². The first-order valence-corrected chi connectivity index (χ1v) is 14.1. The van der Waals surface area contributed by atoms with Gasteiger partial charge in [0.2, 0.25) is 0 Å². The molecule has 1 aromatic heterocycles. The number of methoxy groups -OCH3 is 1. The maximum Gasteiger partial charge on any atom is 0.303 e. The van der Waals surface area contributed by atoms with Gasteiger partial charge in [0.1, 0.15) is 11.9 Å². The number of pyridine rings is 1. The van der Waals surface area contributed by atoms with Gasteiger partial charge in [-0.3, -0.25) is 9.78 Å². The standard InChI is InChI=1S/C28H31Cl2FN2O3S/c1-36-20-5-6-25-22(16-20)27(23(30)18-32-25)24(31)7-8-28(17-26(34)35)9-11-33(12-10-28)13-14-37-21-4-2-3-19(29)15-21/h2-6,15-16,18,24H,7-14,17H2,1H3,(H,34,35)/t24-/m1/s1. The summed E-state index contributed by atoms with van der Waals surface area (Å²) in [6.07, 6.45) is 2.33. The second-order valence-electron chi connectivity index (χ2n) is 9.63. The predicted octanol–water partition coefficient (Wildman–Crippen LogP) is 7.69. The topological polar surface area (TPSA) is 62.7 Å². The third-order valence-electron chi connectivity index (χ3n) is 7.22. The Morgan fingerprint density at radius 2 is 2.03 bits per heavy atom. The molecule has 37 heavy (non-hydrogen) atoms. The van der Waals surface area contributed by atoms with Crippen molar-refractivity contribution in [3.05, 3.63) is 64.3 Å². The van der Waals surface area contributed by atoms with E-state index in [0.717, 1.165) is 48.1 Å². The van der Waals surface area contributed by atoms with E-state index in [1.165, 1.54) is 6.20 Å². The highest BCUT2D eigenvalue weighted by Crippen LogP contribution is 2.44. The molecule has 1 saturated heterocycles. The van der Waals surface area contributed by atoms with Gasteiger partial charge in [0, 0.05) is 39.4 Å². The number of hydrogen-bond acceptors (Lipinski definition) is 5. The first kappa shape index (κ1) is 28.0. The van der Waals surface area contributed by atoms with Crippen molar-refractivity contribution in [2.24, 2.45) is 5.41 Å². The molecule has 0 spiro atoms. The molecule has 3 aromatic rings. The van der Waals surface area contributed by atoms with Crippen molar-refractivity contribution >= 4 is 51.8 Å². The van der Waals surface area contributed by atoms with Crippen LogP contribution >= 0.6 is 35.0 Å². The summed E-state index contributed by atoms with van der Waals surface area (Å²) in [7, 11) is 1.56. The molecule has 0 radical (unpaired) electrons. The van der Waals surface area contributed by atoms with Crippen molar-refractivity contribution in [3.8, 4) is 5.75 Å². The van der Waals surface area contributed by atoms with Crippen molar-refractivity contribution in [2.75, 3.05) is 32.5 Å². The Hall–Kier alpha value is -2.06. The van der Waals surface area contributed by atoms with Crippen LogP contribution in [0.15, 0.2) is 53.6 Å². The number of rotatable bonds is 11. The van der Waals surface area contributed by atoms with Crippen LogP contribution in [0.5, 0.6) is 5.75 Å². The van der Waals surface area contributed by atoms with Crippen LogP contribution in [0.2, 0.25) is 10.0 Å². The van der Waals surface area contributed by atoms with E-state index < -0.39 is 17.6 Å². The molecule has 2 aromatic carbocycles. The second-order valence-corrected chi connectivity index (χ2v) is 11.6. The summed E-state index contributed by atoms with van der Waals surface area (Å²) in [6, 6.07) is 13.1. The van der Waals surface area contributed by atoms with Crippen LogP contribution < -0.4 is 4.74 Å². The Balaban J connectivity index is 1.38. The number of carboxylic acids is 1. The lowest BCUT2D eigenvalue weighted by Gasteiger charge is -2.41. The van der Waals surface area contributed by atoms with Gasteiger partial charge in [0.25, 0.3) is 0 Å². The summed E-state index contributed by atoms with van der Waals surface area (Å²) in [5.74, 6) is 0.696. The number of benzene rings is 2. The number of likely N-dealkylation sites (tertiary alicyclic amines) is 1. The summed E-state index contributed by atoms with van der Waals surface area (Å²) >= 11 is 14.2. The fourth-order valence-corrected chi connectivity index (χ4v) is 6.62. The lowest BCUT2D eigenvalue weighted by molar-refractivity contribution is -0.141. The van der Waals surface area contributed by atoms with Gasteiger partial charge in [-0.15, -0.1) is 11.8 Å². The molecular formula is C28H31Cl2FN2O3S. The molecule has 1 aliphatic heterocycles. The normalized spacial score (nSPS) is 16.5. The van der Waals surface area contributed by atoms with E-state index in [4.69, 9.17) is 27.9 Å². The van der Waals surface area contributed by atoms with Gasteiger partial charge in [-0.1, -0.05) is 29.3 Å². The molecule has 1 aliphatic rings. The number of hydrogen-bond donors (Lipinski definition) is 1. The fourth-order valence-electron chi connectivity index (χ4n) is 5.13. The SMILES string of the molecule is COc1ccc2ncc(Cl)c([C@H](F)CCC3(CC(=O)O)CCN(CCSc4cccc(Cl)c4)CC3)c2c1. The van der Waals surface area contributed by atoms with Crippen LogP contribution in [-0.2, 0) is 4.79 Å². The van der Waals surface area contributed by atoms with Gasteiger partial charge in [-0.2, -0.15) is 0 Å². The second kappa shape index (κ2) is 12.7. The van der Waals surface area contributed by atoms with Gasteiger partial charge in [0.05, 0.1) is 24.1 Å². The van der Waals surface area contributed by atoms with Gasteiger partial charge < -0.3 is 14.7 Å². The largest absolute Gasteiger partial charge is 0.497 e. The summed E-state index contributed by atoms with van der Waals surface area (Å²) < 4.78 is 21.0. The number of aliphatic carboxylic acids is 1. The van der Waals surface area contributed by atoms with Crippen molar-refractivity contribution in [3.63, 3.8) is 0 Å². The van der Waals surface area contributed by atoms with E-state index in [9.17, 15) is 9.90 Å². The molecule has 9 heteroatoms. The number of ether oxygens (including phenoxy) is 1. The molecule has 2 heterocycles. The number of carbonyl (C=O) groups is 1. The van der Waals surface area contributed by atoms with Gasteiger partial charge in [0.15, 0.2) is 0 Å². The molecule has 1 N–H and O–H groups in total. The van der Waals surface area contributed by atoms with E-state index in [1.54, 1.807) is 37.1 Å². The molecule has 0 saturated carbocycles. The highest BCUT2D eigenvalue weighted by atomic mass is 35.5. The highest BCUT2D eigenvalue weighted by Gasteiger charge is 2.37. The first-order valence-electron chi connectivity index (χ1n) is 12.4. The average Bonchev–Trinajstić information content (AvgIpc) is 2.88. The summed E-state index contributed by atoms with van der Waals surface area (Å²) in [4.78, 5) is 19.6.